The molecule has 0 aliphatic carbocycles. The van der Waals surface area contributed by atoms with Gasteiger partial charge in [0, 0.05) is 17.3 Å². The third kappa shape index (κ3) is 3.82. The number of benzene rings is 2. The van der Waals surface area contributed by atoms with E-state index in [0.717, 1.165) is 16.6 Å². The number of hydrogen-bond donors (Lipinski definition) is 3. The van der Waals surface area contributed by atoms with Gasteiger partial charge in [0.1, 0.15) is 5.82 Å². The van der Waals surface area contributed by atoms with Crippen LogP contribution in [0.5, 0.6) is 0 Å². The summed E-state index contributed by atoms with van der Waals surface area (Å²) in [5.74, 6) is 0.0524. The largest absolute Gasteiger partial charge is 0.478 e. The number of anilines is 4. The molecule has 0 saturated carbocycles. The van der Waals surface area contributed by atoms with Crippen LogP contribution in [0.1, 0.15) is 10.4 Å². The zero-order valence-electron chi connectivity index (χ0n) is 14.1. The Morgan fingerprint density at radius 1 is 0.889 bits per heavy atom. The summed E-state index contributed by atoms with van der Waals surface area (Å²) in [5, 5.41) is 16.3. The summed E-state index contributed by atoms with van der Waals surface area (Å²) in [7, 11) is 0. The zero-order valence-corrected chi connectivity index (χ0v) is 14.1. The van der Waals surface area contributed by atoms with Gasteiger partial charge in [-0.05, 0) is 42.5 Å². The first-order chi connectivity index (χ1) is 13.2. The highest BCUT2D eigenvalue weighted by Crippen LogP contribution is 2.20. The molecule has 0 spiro atoms. The van der Waals surface area contributed by atoms with E-state index in [9.17, 15) is 4.79 Å². The van der Waals surface area contributed by atoms with Crippen LogP contribution in [0.15, 0.2) is 73.1 Å². The molecule has 0 unspecified atom stereocenters. The van der Waals surface area contributed by atoms with E-state index in [0.29, 0.717) is 17.5 Å². The van der Waals surface area contributed by atoms with E-state index in [1.807, 2.05) is 30.3 Å². The lowest BCUT2D eigenvalue weighted by Gasteiger charge is -2.09. The van der Waals surface area contributed by atoms with Crippen LogP contribution in [-0.4, -0.2) is 26.0 Å². The van der Waals surface area contributed by atoms with Gasteiger partial charge in [-0.3, -0.25) is 4.98 Å². The van der Waals surface area contributed by atoms with Crippen molar-refractivity contribution in [3.8, 4) is 0 Å². The van der Waals surface area contributed by atoms with Crippen LogP contribution >= 0.6 is 0 Å². The van der Waals surface area contributed by atoms with Crippen LogP contribution in [0.4, 0.5) is 23.1 Å². The Kier molecular flexibility index (Phi) is 4.32. The molecule has 7 heteroatoms. The summed E-state index contributed by atoms with van der Waals surface area (Å²) in [4.78, 5) is 23.9. The molecule has 27 heavy (non-hydrogen) atoms. The predicted octanol–water partition coefficient (Wildman–Crippen LogP) is 4.21. The van der Waals surface area contributed by atoms with Gasteiger partial charge in [0.2, 0.25) is 5.95 Å². The van der Waals surface area contributed by atoms with Crippen LogP contribution in [0, 0.1) is 0 Å². The topological polar surface area (TPSA) is 100 Å². The lowest BCUT2D eigenvalue weighted by molar-refractivity contribution is 0.0697. The molecule has 3 N–H and O–H groups in total. The number of pyridine rings is 1. The van der Waals surface area contributed by atoms with Gasteiger partial charge in [0.05, 0.1) is 23.0 Å². The third-order valence-corrected chi connectivity index (χ3v) is 3.91. The van der Waals surface area contributed by atoms with Gasteiger partial charge in [0.15, 0.2) is 0 Å². The standard InChI is InChI=1S/C20H15N5O2/c26-19(27)13-5-7-15(8-6-13)24-20-21-10-9-18(25-20)23-16-11-14-3-1-2-4-17(14)22-12-16/h1-12H,(H,26,27)(H2,21,23,24,25). The van der Waals surface area contributed by atoms with Gasteiger partial charge in [-0.2, -0.15) is 4.98 Å². The van der Waals surface area contributed by atoms with Gasteiger partial charge in [-0.1, -0.05) is 18.2 Å². The lowest BCUT2D eigenvalue weighted by atomic mass is 10.2. The molecule has 0 aliphatic rings. The molecule has 2 aromatic heterocycles. The van der Waals surface area contributed by atoms with Crippen LogP contribution in [0.3, 0.4) is 0 Å². The van der Waals surface area contributed by atoms with Crippen molar-refractivity contribution in [2.75, 3.05) is 10.6 Å². The van der Waals surface area contributed by atoms with Crippen LogP contribution < -0.4 is 10.6 Å². The van der Waals surface area contributed by atoms with Crippen LogP contribution in [0.25, 0.3) is 10.9 Å². The molecule has 0 atom stereocenters. The van der Waals surface area contributed by atoms with Gasteiger partial charge in [-0.25, -0.2) is 9.78 Å². The number of fused-ring (bicyclic) bond motifs is 1. The molecular weight excluding hydrogens is 342 g/mol. The summed E-state index contributed by atoms with van der Waals surface area (Å²) in [6, 6.07) is 18.0. The second-order valence-electron chi connectivity index (χ2n) is 5.81. The van der Waals surface area contributed by atoms with Crippen molar-refractivity contribution >= 4 is 40.0 Å². The summed E-state index contributed by atoms with van der Waals surface area (Å²) in [5.41, 5.74) is 2.67. The molecule has 7 nitrogen and oxygen atoms in total. The van der Waals surface area contributed by atoms with Gasteiger partial charge >= 0.3 is 5.97 Å². The van der Waals surface area contributed by atoms with E-state index in [2.05, 4.69) is 25.6 Å². The molecule has 4 aromatic rings. The van der Waals surface area contributed by atoms with E-state index in [4.69, 9.17) is 5.11 Å². The van der Waals surface area contributed by atoms with E-state index in [1.165, 1.54) is 12.1 Å². The molecule has 0 amide bonds. The summed E-state index contributed by atoms with van der Waals surface area (Å²) < 4.78 is 0. The Morgan fingerprint density at radius 3 is 2.52 bits per heavy atom. The average molecular weight is 357 g/mol. The molecular formula is C20H15N5O2. The van der Waals surface area contributed by atoms with Crippen LogP contribution in [0.2, 0.25) is 0 Å². The minimum atomic E-state index is -0.965. The molecule has 0 radical (unpaired) electrons. The zero-order chi connectivity index (χ0) is 18.6. The predicted molar refractivity (Wildman–Crippen MR) is 104 cm³/mol. The van der Waals surface area contributed by atoms with E-state index in [1.54, 1.807) is 30.6 Å². The second-order valence-corrected chi connectivity index (χ2v) is 5.81. The lowest BCUT2D eigenvalue weighted by Crippen LogP contribution is -2.01. The average Bonchev–Trinajstić information content (AvgIpc) is 2.69. The smallest absolute Gasteiger partial charge is 0.335 e. The number of para-hydroxylation sites is 1. The van der Waals surface area contributed by atoms with E-state index < -0.39 is 5.97 Å². The Morgan fingerprint density at radius 2 is 1.70 bits per heavy atom. The number of aromatic nitrogens is 3. The van der Waals surface area contributed by atoms with Crippen molar-refractivity contribution in [1.82, 2.24) is 15.0 Å². The molecule has 0 saturated heterocycles. The minimum Gasteiger partial charge on any atom is -0.478 e. The van der Waals surface area contributed by atoms with Crippen molar-refractivity contribution in [2.45, 2.75) is 0 Å². The maximum Gasteiger partial charge on any atom is 0.335 e. The Balaban J connectivity index is 1.52. The van der Waals surface area contributed by atoms with Crippen molar-refractivity contribution in [3.05, 3.63) is 78.6 Å². The fourth-order valence-corrected chi connectivity index (χ4v) is 2.60. The normalized spacial score (nSPS) is 10.5. The highest BCUT2D eigenvalue weighted by molar-refractivity contribution is 5.88. The number of carboxylic acid groups (broad SMARTS) is 1. The quantitative estimate of drug-likeness (QED) is 0.492. The monoisotopic (exact) mass is 357 g/mol. The first-order valence-electron chi connectivity index (χ1n) is 8.23. The Hall–Kier alpha value is -4.00. The van der Waals surface area contributed by atoms with Crippen molar-refractivity contribution < 1.29 is 9.90 Å². The number of aromatic carboxylic acids is 1. The Bertz CT molecular complexity index is 1110. The van der Waals surface area contributed by atoms with Crippen molar-refractivity contribution in [2.24, 2.45) is 0 Å². The highest BCUT2D eigenvalue weighted by atomic mass is 16.4. The molecule has 0 aliphatic heterocycles. The maximum atomic E-state index is 10.9. The number of hydrogen-bond acceptors (Lipinski definition) is 6. The molecule has 2 aromatic carbocycles. The summed E-state index contributed by atoms with van der Waals surface area (Å²) in [6.45, 7) is 0. The van der Waals surface area contributed by atoms with Crippen molar-refractivity contribution in [3.63, 3.8) is 0 Å². The second kappa shape index (κ2) is 7.09. The number of carboxylic acids is 1. The minimum absolute atomic E-state index is 0.223. The number of nitrogens with one attached hydrogen (secondary N) is 2. The first kappa shape index (κ1) is 16.5. The van der Waals surface area contributed by atoms with E-state index >= 15 is 0 Å². The number of rotatable bonds is 5. The molecule has 132 valence electrons. The molecule has 2 heterocycles. The number of carbonyl (C=O) groups is 1. The first-order valence-corrected chi connectivity index (χ1v) is 8.23. The molecule has 4 rings (SSSR count). The summed E-state index contributed by atoms with van der Waals surface area (Å²) in [6.07, 6.45) is 3.39. The number of nitrogens with zero attached hydrogens (tertiary/aromatic N) is 3. The van der Waals surface area contributed by atoms with Gasteiger partial charge < -0.3 is 15.7 Å². The fraction of sp³-hybridized carbons (Fsp3) is 0. The maximum absolute atomic E-state index is 10.9. The molecule has 0 fully saturated rings. The van der Waals surface area contributed by atoms with Crippen LogP contribution in [-0.2, 0) is 0 Å². The van der Waals surface area contributed by atoms with Gasteiger partial charge in [0.25, 0.3) is 0 Å². The third-order valence-electron chi connectivity index (χ3n) is 3.91. The van der Waals surface area contributed by atoms with Crippen molar-refractivity contribution in [1.29, 1.82) is 0 Å². The molecule has 0 bridgehead atoms. The fourth-order valence-electron chi connectivity index (χ4n) is 2.60. The summed E-state index contributed by atoms with van der Waals surface area (Å²) >= 11 is 0. The highest BCUT2D eigenvalue weighted by Gasteiger charge is 2.05. The van der Waals surface area contributed by atoms with E-state index in [-0.39, 0.29) is 5.56 Å². The SMILES string of the molecule is O=C(O)c1ccc(Nc2nccc(Nc3cnc4ccccc4c3)n2)cc1. The Labute approximate surface area is 154 Å². The van der Waals surface area contributed by atoms with Gasteiger partial charge in [-0.15, -0.1) is 0 Å².